The fraction of sp³-hybridized carbons (Fsp3) is 0.0625. The van der Waals surface area contributed by atoms with Crippen LogP contribution in [0.15, 0.2) is 60.8 Å². The van der Waals surface area contributed by atoms with Crippen molar-refractivity contribution in [1.82, 2.24) is 15.0 Å². The zero-order chi connectivity index (χ0) is 13.8. The third kappa shape index (κ3) is 2.80. The molecular weight excluding hydrogens is 248 g/mol. The van der Waals surface area contributed by atoms with Crippen molar-refractivity contribution in [2.24, 2.45) is 0 Å². The molecule has 2 N–H and O–H groups in total. The largest absolute Gasteiger partial charge is 0.384 e. The van der Waals surface area contributed by atoms with Crippen LogP contribution in [-0.2, 0) is 6.42 Å². The highest BCUT2D eigenvalue weighted by molar-refractivity contribution is 5.56. The van der Waals surface area contributed by atoms with Gasteiger partial charge >= 0.3 is 0 Å². The molecule has 0 aliphatic heterocycles. The van der Waals surface area contributed by atoms with E-state index in [2.05, 4.69) is 15.0 Å². The highest BCUT2D eigenvalue weighted by Gasteiger charge is 2.06. The summed E-state index contributed by atoms with van der Waals surface area (Å²) < 4.78 is 0. The molecule has 20 heavy (non-hydrogen) atoms. The number of hydrogen-bond donors (Lipinski definition) is 1. The molecule has 3 aromatic rings. The lowest BCUT2D eigenvalue weighted by molar-refractivity contribution is 0.995. The summed E-state index contributed by atoms with van der Waals surface area (Å²) >= 11 is 0. The molecule has 3 rings (SSSR count). The zero-order valence-electron chi connectivity index (χ0n) is 10.9. The summed E-state index contributed by atoms with van der Waals surface area (Å²) in [5, 5.41) is 0. The molecular formula is C16H14N4. The number of nitrogens with zero attached hydrogens (tertiary/aromatic N) is 3. The van der Waals surface area contributed by atoms with Crippen molar-refractivity contribution in [3.05, 3.63) is 72.2 Å². The third-order valence-electron chi connectivity index (χ3n) is 2.92. The van der Waals surface area contributed by atoms with Gasteiger partial charge in [0.15, 0.2) is 5.82 Å². The first-order valence-corrected chi connectivity index (χ1v) is 6.40. The van der Waals surface area contributed by atoms with E-state index in [0.29, 0.717) is 18.1 Å². The Morgan fingerprint density at radius 3 is 2.40 bits per heavy atom. The molecule has 0 atom stereocenters. The average Bonchev–Trinajstić information content (AvgIpc) is 2.49. The molecule has 0 radical (unpaired) electrons. The van der Waals surface area contributed by atoms with Gasteiger partial charge in [0, 0.05) is 29.9 Å². The maximum absolute atomic E-state index is 5.88. The van der Waals surface area contributed by atoms with E-state index in [1.165, 1.54) is 0 Å². The van der Waals surface area contributed by atoms with Crippen LogP contribution in [0, 0.1) is 0 Å². The molecule has 0 saturated heterocycles. The molecule has 0 saturated carbocycles. The molecule has 0 aliphatic carbocycles. The van der Waals surface area contributed by atoms with Crippen LogP contribution in [0.3, 0.4) is 0 Å². The first kappa shape index (κ1) is 12.3. The van der Waals surface area contributed by atoms with E-state index < -0.39 is 0 Å². The third-order valence-corrected chi connectivity index (χ3v) is 2.92. The van der Waals surface area contributed by atoms with E-state index in [1.54, 1.807) is 12.3 Å². The minimum absolute atomic E-state index is 0.477. The highest BCUT2D eigenvalue weighted by atomic mass is 14.9. The lowest BCUT2D eigenvalue weighted by Crippen LogP contribution is -2.02. The molecule has 0 fully saturated rings. The molecule has 2 aromatic heterocycles. The Kier molecular flexibility index (Phi) is 3.37. The summed E-state index contributed by atoms with van der Waals surface area (Å²) in [5.41, 5.74) is 8.67. The summed E-state index contributed by atoms with van der Waals surface area (Å²) in [5.74, 6) is 1.13. The van der Waals surface area contributed by atoms with Gasteiger partial charge in [-0.25, -0.2) is 9.97 Å². The Hall–Kier alpha value is -2.75. The van der Waals surface area contributed by atoms with Crippen molar-refractivity contribution >= 4 is 5.82 Å². The predicted molar refractivity (Wildman–Crippen MR) is 78.9 cm³/mol. The minimum atomic E-state index is 0.477. The van der Waals surface area contributed by atoms with Gasteiger partial charge in [-0.15, -0.1) is 0 Å². The van der Waals surface area contributed by atoms with Crippen LogP contribution >= 0.6 is 0 Å². The van der Waals surface area contributed by atoms with E-state index in [-0.39, 0.29) is 0 Å². The lowest BCUT2D eigenvalue weighted by atomic mass is 10.2. The second kappa shape index (κ2) is 5.48. The van der Waals surface area contributed by atoms with Crippen LogP contribution in [-0.4, -0.2) is 15.0 Å². The summed E-state index contributed by atoms with van der Waals surface area (Å²) in [6.45, 7) is 0. The molecule has 0 unspecified atom stereocenters. The standard InChI is InChI=1S/C16H14N4/c17-15-11-14(10-13-8-4-5-9-18-13)19-16(20-15)12-6-2-1-3-7-12/h1-9,11H,10H2,(H2,17,19,20). The highest BCUT2D eigenvalue weighted by Crippen LogP contribution is 2.17. The van der Waals surface area contributed by atoms with Crippen LogP contribution in [0.2, 0.25) is 0 Å². The summed E-state index contributed by atoms with van der Waals surface area (Å²) in [7, 11) is 0. The van der Waals surface area contributed by atoms with Gasteiger partial charge in [-0.2, -0.15) is 0 Å². The molecule has 0 bridgehead atoms. The van der Waals surface area contributed by atoms with E-state index in [0.717, 1.165) is 17.0 Å². The van der Waals surface area contributed by atoms with Crippen molar-refractivity contribution in [2.75, 3.05) is 5.73 Å². The van der Waals surface area contributed by atoms with Crippen LogP contribution < -0.4 is 5.73 Å². The Balaban J connectivity index is 1.95. The Morgan fingerprint density at radius 2 is 1.65 bits per heavy atom. The first-order valence-electron chi connectivity index (χ1n) is 6.40. The van der Waals surface area contributed by atoms with Crippen molar-refractivity contribution in [3.63, 3.8) is 0 Å². The Bertz CT molecular complexity index is 696. The van der Waals surface area contributed by atoms with Gasteiger partial charge in [0.05, 0.1) is 5.69 Å². The second-order valence-corrected chi connectivity index (χ2v) is 4.47. The van der Waals surface area contributed by atoms with E-state index in [1.807, 2.05) is 48.5 Å². The number of nitrogens with two attached hydrogens (primary N) is 1. The van der Waals surface area contributed by atoms with Gasteiger partial charge in [0.25, 0.3) is 0 Å². The number of anilines is 1. The SMILES string of the molecule is Nc1cc(Cc2ccccn2)nc(-c2ccccc2)n1. The molecule has 4 nitrogen and oxygen atoms in total. The topological polar surface area (TPSA) is 64.7 Å². The number of nitrogen functional groups attached to an aromatic ring is 1. The fourth-order valence-electron chi connectivity index (χ4n) is 2.01. The van der Waals surface area contributed by atoms with Crippen LogP contribution in [0.5, 0.6) is 0 Å². The molecule has 98 valence electrons. The maximum Gasteiger partial charge on any atom is 0.161 e. The van der Waals surface area contributed by atoms with Crippen molar-refractivity contribution in [3.8, 4) is 11.4 Å². The number of hydrogen-bond acceptors (Lipinski definition) is 4. The smallest absolute Gasteiger partial charge is 0.161 e. The van der Waals surface area contributed by atoms with Crippen molar-refractivity contribution in [2.45, 2.75) is 6.42 Å². The van der Waals surface area contributed by atoms with Gasteiger partial charge in [0.2, 0.25) is 0 Å². The fourth-order valence-corrected chi connectivity index (χ4v) is 2.01. The summed E-state index contributed by atoms with van der Waals surface area (Å²) in [6, 6.07) is 17.4. The molecule has 0 aliphatic rings. The molecule has 4 heteroatoms. The monoisotopic (exact) mass is 262 g/mol. The summed E-state index contributed by atoms with van der Waals surface area (Å²) in [4.78, 5) is 13.2. The van der Waals surface area contributed by atoms with Gasteiger partial charge in [0.1, 0.15) is 5.82 Å². The molecule has 1 aromatic carbocycles. The van der Waals surface area contributed by atoms with Crippen LogP contribution in [0.1, 0.15) is 11.4 Å². The molecule has 0 amide bonds. The zero-order valence-corrected chi connectivity index (χ0v) is 10.9. The number of pyridine rings is 1. The van der Waals surface area contributed by atoms with Gasteiger partial charge in [-0.1, -0.05) is 36.4 Å². The molecule has 2 heterocycles. The second-order valence-electron chi connectivity index (χ2n) is 4.47. The summed E-state index contributed by atoms with van der Waals surface area (Å²) in [6.07, 6.45) is 2.42. The van der Waals surface area contributed by atoms with E-state index in [4.69, 9.17) is 5.73 Å². The number of rotatable bonds is 3. The minimum Gasteiger partial charge on any atom is -0.384 e. The van der Waals surface area contributed by atoms with Gasteiger partial charge in [-0.3, -0.25) is 4.98 Å². The van der Waals surface area contributed by atoms with Gasteiger partial charge < -0.3 is 5.73 Å². The van der Waals surface area contributed by atoms with E-state index in [9.17, 15) is 0 Å². The normalized spacial score (nSPS) is 10.4. The van der Waals surface area contributed by atoms with Gasteiger partial charge in [-0.05, 0) is 12.1 Å². The van der Waals surface area contributed by atoms with Crippen LogP contribution in [0.4, 0.5) is 5.82 Å². The maximum atomic E-state index is 5.88. The van der Waals surface area contributed by atoms with E-state index >= 15 is 0 Å². The van der Waals surface area contributed by atoms with Crippen LogP contribution in [0.25, 0.3) is 11.4 Å². The predicted octanol–water partition coefficient (Wildman–Crippen LogP) is 2.71. The number of aromatic nitrogens is 3. The Morgan fingerprint density at radius 1 is 0.850 bits per heavy atom. The Labute approximate surface area is 117 Å². The first-order chi connectivity index (χ1) is 9.81. The van der Waals surface area contributed by atoms with Crippen molar-refractivity contribution < 1.29 is 0 Å². The quantitative estimate of drug-likeness (QED) is 0.788. The molecule has 0 spiro atoms. The lowest BCUT2D eigenvalue weighted by Gasteiger charge is -2.05. The number of benzene rings is 1. The average molecular weight is 262 g/mol. The van der Waals surface area contributed by atoms with Crippen molar-refractivity contribution in [1.29, 1.82) is 0 Å².